The Morgan fingerprint density at radius 1 is 1.26 bits per heavy atom. The van der Waals surface area contributed by atoms with Crippen LogP contribution in [0.1, 0.15) is 21.5 Å². The molecule has 2 aromatic rings. The highest BCUT2D eigenvalue weighted by Gasteiger charge is 2.12. The minimum absolute atomic E-state index is 0.161. The van der Waals surface area contributed by atoms with Gasteiger partial charge in [0, 0.05) is 29.9 Å². The number of hydrogen-bond donors (Lipinski definition) is 2. The highest BCUT2D eigenvalue weighted by molar-refractivity contribution is 6.04. The zero-order valence-corrected chi connectivity index (χ0v) is 13.3. The Kier molecular flexibility index (Phi) is 4.48. The second-order valence-electron chi connectivity index (χ2n) is 5.49. The zero-order valence-electron chi connectivity index (χ0n) is 13.3. The van der Waals surface area contributed by atoms with Crippen molar-refractivity contribution in [3.8, 4) is 11.5 Å². The number of ether oxygens (including phenoxy) is 2. The van der Waals surface area contributed by atoms with Crippen LogP contribution >= 0.6 is 0 Å². The quantitative estimate of drug-likeness (QED) is 0.915. The summed E-state index contributed by atoms with van der Waals surface area (Å²) < 4.78 is 10.9. The second kappa shape index (κ2) is 6.71. The van der Waals surface area contributed by atoms with E-state index in [4.69, 9.17) is 9.47 Å². The van der Waals surface area contributed by atoms with Gasteiger partial charge < -0.3 is 20.1 Å². The Hall–Kier alpha value is -2.53. The summed E-state index contributed by atoms with van der Waals surface area (Å²) in [5.74, 6) is 1.41. The lowest BCUT2D eigenvalue weighted by atomic mass is 10.1. The lowest BCUT2D eigenvalue weighted by Crippen LogP contribution is -2.16. The predicted octanol–water partition coefficient (Wildman–Crippen LogP) is 2.74. The summed E-state index contributed by atoms with van der Waals surface area (Å²) in [6.45, 7) is 4.15. The van der Waals surface area contributed by atoms with Crippen LogP contribution in [0.25, 0.3) is 0 Å². The first-order valence-corrected chi connectivity index (χ1v) is 7.60. The molecule has 1 amide bonds. The van der Waals surface area contributed by atoms with Crippen LogP contribution in [0.3, 0.4) is 0 Å². The fraction of sp³-hybridized carbons (Fsp3) is 0.278. The molecule has 0 bridgehead atoms. The van der Waals surface area contributed by atoms with E-state index in [1.807, 2.05) is 31.2 Å². The number of benzene rings is 2. The van der Waals surface area contributed by atoms with Gasteiger partial charge in [-0.05, 0) is 42.8 Å². The maximum Gasteiger partial charge on any atom is 0.255 e. The van der Waals surface area contributed by atoms with Crippen molar-refractivity contribution in [2.45, 2.75) is 13.5 Å². The Morgan fingerprint density at radius 3 is 2.96 bits per heavy atom. The molecule has 23 heavy (non-hydrogen) atoms. The van der Waals surface area contributed by atoms with Gasteiger partial charge in [-0.25, -0.2) is 0 Å². The first kappa shape index (κ1) is 15.4. The van der Waals surface area contributed by atoms with E-state index < -0.39 is 0 Å². The van der Waals surface area contributed by atoms with Gasteiger partial charge in [0.2, 0.25) is 0 Å². The predicted molar refractivity (Wildman–Crippen MR) is 89.3 cm³/mol. The molecule has 0 radical (unpaired) electrons. The largest absolute Gasteiger partial charge is 0.496 e. The minimum Gasteiger partial charge on any atom is -0.496 e. The normalized spacial score (nSPS) is 13.5. The van der Waals surface area contributed by atoms with Crippen LogP contribution in [0.15, 0.2) is 36.4 Å². The van der Waals surface area contributed by atoms with Crippen molar-refractivity contribution in [2.75, 3.05) is 25.6 Å². The summed E-state index contributed by atoms with van der Waals surface area (Å²) in [6, 6.07) is 11.1. The van der Waals surface area contributed by atoms with Gasteiger partial charge in [-0.3, -0.25) is 4.79 Å². The average Bonchev–Trinajstić information content (AvgIpc) is 2.80. The van der Waals surface area contributed by atoms with Crippen LogP contribution in [-0.4, -0.2) is 26.2 Å². The van der Waals surface area contributed by atoms with Crippen molar-refractivity contribution >= 4 is 11.6 Å². The molecule has 0 saturated carbocycles. The molecular weight excluding hydrogens is 292 g/mol. The Balaban J connectivity index is 1.79. The van der Waals surface area contributed by atoms with E-state index in [-0.39, 0.29) is 5.91 Å². The number of methoxy groups -OCH3 is 1. The van der Waals surface area contributed by atoms with E-state index in [2.05, 4.69) is 10.6 Å². The number of carbonyl (C=O) groups excluding carboxylic acids is 1. The fourth-order valence-electron chi connectivity index (χ4n) is 2.56. The second-order valence-corrected chi connectivity index (χ2v) is 5.49. The van der Waals surface area contributed by atoms with E-state index in [9.17, 15) is 4.79 Å². The third-order valence-corrected chi connectivity index (χ3v) is 3.84. The number of aryl methyl sites for hydroxylation is 1. The van der Waals surface area contributed by atoms with Gasteiger partial charge >= 0.3 is 0 Å². The van der Waals surface area contributed by atoms with E-state index in [0.29, 0.717) is 17.9 Å². The Bertz CT molecular complexity index is 728. The molecular formula is C18H20N2O3. The number of amides is 1. The first-order chi connectivity index (χ1) is 11.2. The molecule has 3 rings (SSSR count). The summed E-state index contributed by atoms with van der Waals surface area (Å²) in [7, 11) is 1.60. The van der Waals surface area contributed by atoms with Crippen LogP contribution < -0.4 is 20.1 Å². The van der Waals surface area contributed by atoms with Crippen molar-refractivity contribution in [1.29, 1.82) is 0 Å². The number of hydrogen-bond acceptors (Lipinski definition) is 4. The van der Waals surface area contributed by atoms with Gasteiger partial charge in [0.1, 0.15) is 18.1 Å². The smallest absolute Gasteiger partial charge is 0.255 e. The molecule has 2 N–H and O–H groups in total. The molecule has 1 aliphatic heterocycles. The molecule has 0 aromatic heterocycles. The van der Waals surface area contributed by atoms with Gasteiger partial charge in [0.25, 0.3) is 5.91 Å². The van der Waals surface area contributed by atoms with Crippen LogP contribution in [0.5, 0.6) is 11.5 Å². The molecule has 1 aliphatic rings. The van der Waals surface area contributed by atoms with Crippen LogP contribution in [-0.2, 0) is 6.54 Å². The highest BCUT2D eigenvalue weighted by atomic mass is 16.5. The Labute approximate surface area is 135 Å². The molecule has 0 atom stereocenters. The Morgan fingerprint density at radius 2 is 2.13 bits per heavy atom. The summed E-state index contributed by atoms with van der Waals surface area (Å²) in [5, 5.41) is 6.20. The molecule has 0 aliphatic carbocycles. The third kappa shape index (κ3) is 3.46. The highest BCUT2D eigenvalue weighted by Crippen LogP contribution is 2.25. The molecule has 0 spiro atoms. The number of anilines is 1. The standard InChI is InChI=1S/C18H20N2O3/c1-12-3-4-13(10-17(12)22-2)18(21)20-15-5-6-16-14(9-15)11-19-7-8-23-16/h3-6,9-10,19H,7-8,11H2,1-2H3,(H,20,21). The summed E-state index contributed by atoms with van der Waals surface area (Å²) in [6.07, 6.45) is 0. The maximum atomic E-state index is 12.4. The number of carbonyl (C=O) groups is 1. The van der Waals surface area contributed by atoms with Crippen molar-refractivity contribution in [3.63, 3.8) is 0 Å². The molecule has 1 heterocycles. The third-order valence-electron chi connectivity index (χ3n) is 3.84. The fourth-order valence-corrected chi connectivity index (χ4v) is 2.56. The molecule has 120 valence electrons. The molecule has 0 unspecified atom stereocenters. The van der Waals surface area contributed by atoms with Crippen molar-refractivity contribution < 1.29 is 14.3 Å². The molecule has 0 fully saturated rings. The van der Waals surface area contributed by atoms with Crippen molar-refractivity contribution in [2.24, 2.45) is 0 Å². The van der Waals surface area contributed by atoms with Crippen LogP contribution in [0, 0.1) is 6.92 Å². The topological polar surface area (TPSA) is 59.6 Å². The van der Waals surface area contributed by atoms with Crippen molar-refractivity contribution in [1.82, 2.24) is 5.32 Å². The maximum absolute atomic E-state index is 12.4. The summed E-state index contributed by atoms with van der Waals surface area (Å²) in [4.78, 5) is 12.4. The first-order valence-electron chi connectivity index (χ1n) is 7.60. The van der Waals surface area contributed by atoms with Gasteiger partial charge in [-0.15, -0.1) is 0 Å². The van der Waals surface area contributed by atoms with E-state index >= 15 is 0 Å². The molecule has 0 saturated heterocycles. The van der Waals surface area contributed by atoms with Gasteiger partial charge in [-0.1, -0.05) is 6.07 Å². The molecule has 5 nitrogen and oxygen atoms in total. The van der Waals surface area contributed by atoms with E-state index in [1.54, 1.807) is 19.2 Å². The van der Waals surface area contributed by atoms with E-state index in [0.717, 1.165) is 35.7 Å². The van der Waals surface area contributed by atoms with Crippen LogP contribution in [0.2, 0.25) is 0 Å². The van der Waals surface area contributed by atoms with Crippen LogP contribution in [0.4, 0.5) is 5.69 Å². The zero-order chi connectivity index (χ0) is 16.2. The van der Waals surface area contributed by atoms with Gasteiger partial charge in [0.15, 0.2) is 0 Å². The average molecular weight is 312 g/mol. The van der Waals surface area contributed by atoms with E-state index in [1.165, 1.54) is 0 Å². The minimum atomic E-state index is -0.161. The van der Waals surface area contributed by atoms with Crippen molar-refractivity contribution in [3.05, 3.63) is 53.1 Å². The lowest BCUT2D eigenvalue weighted by molar-refractivity contribution is 0.102. The summed E-state index contributed by atoms with van der Waals surface area (Å²) in [5.41, 5.74) is 3.36. The lowest BCUT2D eigenvalue weighted by Gasteiger charge is -2.11. The van der Waals surface area contributed by atoms with Gasteiger partial charge in [-0.2, -0.15) is 0 Å². The summed E-state index contributed by atoms with van der Waals surface area (Å²) >= 11 is 0. The molecule has 5 heteroatoms. The monoisotopic (exact) mass is 312 g/mol. The van der Waals surface area contributed by atoms with Gasteiger partial charge in [0.05, 0.1) is 7.11 Å². The SMILES string of the molecule is COc1cc(C(=O)Nc2ccc3c(c2)CNCCO3)ccc1C. The number of rotatable bonds is 3. The number of fused-ring (bicyclic) bond motifs is 1. The molecule has 2 aromatic carbocycles. The number of nitrogens with one attached hydrogen (secondary N) is 2.